The molecule has 1 rings (SSSR count). The molecule has 0 saturated carbocycles. The third-order valence-electron chi connectivity index (χ3n) is 1.57. The second-order valence-corrected chi connectivity index (χ2v) is 5.04. The third kappa shape index (κ3) is 3.03. The van der Waals surface area contributed by atoms with Crippen LogP contribution in [0.2, 0.25) is 0 Å². The van der Waals surface area contributed by atoms with Crippen molar-refractivity contribution in [1.82, 2.24) is 9.97 Å². The van der Waals surface area contributed by atoms with Crippen molar-refractivity contribution in [3.63, 3.8) is 0 Å². The summed E-state index contributed by atoms with van der Waals surface area (Å²) in [5.41, 5.74) is 2.74. The lowest BCUT2D eigenvalue weighted by Crippen LogP contribution is -2.19. The summed E-state index contributed by atoms with van der Waals surface area (Å²) in [6, 6.07) is 1.25. The second-order valence-electron chi connectivity index (χ2n) is 2.76. The molecule has 0 aromatic carbocycles. The van der Waals surface area contributed by atoms with E-state index in [0.29, 0.717) is 0 Å². The van der Waals surface area contributed by atoms with Gasteiger partial charge in [-0.05, 0) is 0 Å². The van der Waals surface area contributed by atoms with Crippen LogP contribution in [-0.2, 0) is 9.97 Å². The number of nitrogen functional groups attached to an aromatic ring is 1. The van der Waals surface area contributed by atoms with E-state index in [1.807, 2.05) is 0 Å². The number of hydrogen-bond acceptors (Lipinski definition) is 4. The molecule has 1 aromatic rings. The molecule has 0 atom stereocenters. The molecule has 10 heteroatoms. The van der Waals surface area contributed by atoms with Crippen molar-refractivity contribution >= 4 is 40.6 Å². The van der Waals surface area contributed by atoms with E-state index < -0.39 is 32.9 Å². The molecule has 17 heavy (non-hydrogen) atoms. The van der Waals surface area contributed by atoms with Crippen molar-refractivity contribution in [1.29, 1.82) is 5.26 Å². The molecule has 0 saturated heterocycles. The average Bonchev–Trinajstić information content (AvgIpc) is 2.13. The molecule has 0 unspecified atom stereocenters. The van der Waals surface area contributed by atoms with Crippen LogP contribution >= 0.6 is 34.8 Å². The molecule has 0 bridgehead atoms. The Balaban J connectivity index is 3.58. The molecule has 1 heterocycles. The number of aromatic nitrogens is 2. The summed E-state index contributed by atoms with van der Waals surface area (Å²) >= 11 is 16.0. The minimum absolute atomic E-state index is 0.698. The number of nitrogens with two attached hydrogens (primary N) is 1. The summed E-state index contributed by atoms with van der Waals surface area (Å²) in [4.78, 5) is 6.35. The summed E-state index contributed by atoms with van der Waals surface area (Å²) in [5, 5.41) is 8.55. The van der Waals surface area contributed by atoms with Crippen molar-refractivity contribution in [3.05, 3.63) is 17.1 Å². The minimum Gasteiger partial charge on any atom is -0.382 e. The summed E-state index contributed by atoms with van der Waals surface area (Å²) in [5.74, 6) is -1.44. The minimum atomic E-state index is -4.90. The van der Waals surface area contributed by atoms with Crippen LogP contribution in [0.5, 0.6) is 0 Å². The first-order chi connectivity index (χ1) is 7.57. The fourth-order valence-electron chi connectivity index (χ4n) is 0.920. The van der Waals surface area contributed by atoms with Crippen LogP contribution < -0.4 is 5.73 Å². The zero-order chi connectivity index (χ0) is 13.4. The Labute approximate surface area is 108 Å². The average molecular weight is 305 g/mol. The summed E-state index contributed by atoms with van der Waals surface area (Å²) in [6.07, 6.45) is -4.90. The number of halogens is 6. The van der Waals surface area contributed by atoms with Gasteiger partial charge in [0.05, 0.1) is 0 Å². The van der Waals surface area contributed by atoms with E-state index in [9.17, 15) is 13.2 Å². The van der Waals surface area contributed by atoms with Crippen LogP contribution in [0.3, 0.4) is 0 Å². The molecule has 4 nitrogen and oxygen atoms in total. The van der Waals surface area contributed by atoms with E-state index in [4.69, 9.17) is 45.8 Å². The highest BCUT2D eigenvalue weighted by Crippen LogP contribution is 2.39. The highest BCUT2D eigenvalue weighted by atomic mass is 35.6. The largest absolute Gasteiger partial charge is 0.434 e. The van der Waals surface area contributed by atoms with Crippen molar-refractivity contribution in [3.8, 4) is 6.07 Å². The molecule has 0 radical (unpaired) electrons. The van der Waals surface area contributed by atoms with E-state index in [0.717, 1.165) is 0 Å². The standard InChI is InChI=1S/C7H2Cl3F3N4/c8-6(9,10)5-16-3(7(11,12)13)2(1-14)4(15)17-5/h(H2,15,16,17). The quantitative estimate of drug-likeness (QED) is 0.748. The first-order valence-electron chi connectivity index (χ1n) is 3.79. The lowest BCUT2D eigenvalue weighted by molar-refractivity contribution is -0.141. The summed E-state index contributed by atoms with van der Waals surface area (Å²) < 4.78 is 35.4. The Hall–Kier alpha value is -0.970. The SMILES string of the molecule is N#Cc1c(N)nc(C(Cl)(Cl)Cl)nc1C(F)(F)F. The van der Waals surface area contributed by atoms with Gasteiger partial charge in [0.25, 0.3) is 0 Å². The molecule has 1 aromatic heterocycles. The van der Waals surface area contributed by atoms with Gasteiger partial charge in [-0.15, -0.1) is 0 Å². The molecule has 0 aliphatic rings. The lowest BCUT2D eigenvalue weighted by Gasteiger charge is -2.14. The van der Waals surface area contributed by atoms with E-state index in [-0.39, 0.29) is 0 Å². The van der Waals surface area contributed by atoms with Gasteiger partial charge in [-0.3, -0.25) is 0 Å². The van der Waals surface area contributed by atoms with Gasteiger partial charge in [-0.25, -0.2) is 9.97 Å². The fourth-order valence-corrected chi connectivity index (χ4v) is 1.17. The van der Waals surface area contributed by atoms with Crippen molar-refractivity contribution in [2.75, 3.05) is 5.73 Å². The highest BCUT2D eigenvalue weighted by Gasteiger charge is 2.40. The number of hydrogen-bond donors (Lipinski definition) is 1. The zero-order valence-corrected chi connectivity index (χ0v) is 9.95. The molecule has 0 spiro atoms. The van der Waals surface area contributed by atoms with E-state index in [1.54, 1.807) is 0 Å². The van der Waals surface area contributed by atoms with Gasteiger partial charge in [-0.2, -0.15) is 18.4 Å². The van der Waals surface area contributed by atoms with Crippen LogP contribution in [0.15, 0.2) is 0 Å². The Morgan fingerprint density at radius 1 is 1.18 bits per heavy atom. The lowest BCUT2D eigenvalue weighted by atomic mass is 10.2. The Kier molecular flexibility index (Phi) is 3.62. The Morgan fingerprint density at radius 2 is 1.71 bits per heavy atom. The fraction of sp³-hybridized carbons (Fsp3) is 0.286. The first kappa shape index (κ1) is 14.1. The summed E-state index contributed by atoms with van der Waals surface area (Å²) in [6.45, 7) is 0. The topological polar surface area (TPSA) is 75.6 Å². The maximum Gasteiger partial charge on any atom is 0.434 e. The molecule has 92 valence electrons. The number of anilines is 1. The summed E-state index contributed by atoms with van der Waals surface area (Å²) in [7, 11) is 0. The maximum atomic E-state index is 12.6. The van der Waals surface area contributed by atoms with Crippen LogP contribution in [-0.4, -0.2) is 9.97 Å². The Morgan fingerprint density at radius 3 is 2.06 bits per heavy atom. The van der Waals surface area contributed by atoms with Crippen LogP contribution in [0, 0.1) is 11.3 Å². The van der Waals surface area contributed by atoms with Crippen LogP contribution in [0.1, 0.15) is 17.1 Å². The maximum absolute atomic E-state index is 12.6. The molecule has 0 aliphatic carbocycles. The van der Waals surface area contributed by atoms with Gasteiger partial charge in [0.15, 0.2) is 11.5 Å². The second kappa shape index (κ2) is 4.37. The molecule has 0 fully saturated rings. The van der Waals surface area contributed by atoms with Crippen molar-refractivity contribution < 1.29 is 13.2 Å². The van der Waals surface area contributed by atoms with Gasteiger partial charge in [0, 0.05) is 0 Å². The van der Waals surface area contributed by atoms with Gasteiger partial charge < -0.3 is 5.73 Å². The van der Waals surface area contributed by atoms with Gasteiger partial charge in [0.1, 0.15) is 17.5 Å². The number of alkyl halides is 6. The van der Waals surface area contributed by atoms with Gasteiger partial charge in [-0.1, -0.05) is 34.8 Å². The van der Waals surface area contributed by atoms with Gasteiger partial charge >= 0.3 is 6.18 Å². The first-order valence-corrected chi connectivity index (χ1v) is 4.92. The van der Waals surface area contributed by atoms with Crippen LogP contribution in [0.25, 0.3) is 0 Å². The monoisotopic (exact) mass is 304 g/mol. The zero-order valence-electron chi connectivity index (χ0n) is 7.69. The van der Waals surface area contributed by atoms with E-state index in [2.05, 4.69) is 9.97 Å². The van der Waals surface area contributed by atoms with Crippen molar-refractivity contribution in [2.24, 2.45) is 0 Å². The van der Waals surface area contributed by atoms with Gasteiger partial charge in [0.2, 0.25) is 3.79 Å². The molecule has 0 aliphatic heterocycles. The van der Waals surface area contributed by atoms with Crippen LogP contribution in [0.4, 0.5) is 19.0 Å². The van der Waals surface area contributed by atoms with E-state index in [1.165, 1.54) is 6.07 Å². The normalized spacial score (nSPS) is 12.3. The number of nitriles is 1. The number of nitrogens with zero attached hydrogens (tertiary/aromatic N) is 3. The molecule has 0 amide bonds. The Bertz CT molecular complexity index is 489. The van der Waals surface area contributed by atoms with Crippen molar-refractivity contribution in [2.45, 2.75) is 9.97 Å². The third-order valence-corrected chi connectivity index (χ3v) is 2.08. The number of rotatable bonds is 0. The molecular formula is C7H2Cl3F3N4. The highest BCUT2D eigenvalue weighted by molar-refractivity contribution is 6.66. The smallest absolute Gasteiger partial charge is 0.382 e. The predicted octanol–water partition coefficient (Wildman–Crippen LogP) is 2.78. The predicted molar refractivity (Wildman–Crippen MR) is 55.4 cm³/mol. The molecule has 2 N–H and O–H groups in total. The van der Waals surface area contributed by atoms with E-state index >= 15 is 0 Å². The molecular weight excluding hydrogens is 303 g/mol.